The van der Waals surface area contributed by atoms with E-state index < -0.39 is 12.0 Å². The number of rotatable bonds is 4. The van der Waals surface area contributed by atoms with Crippen LogP contribution in [-0.2, 0) is 11.3 Å². The summed E-state index contributed by atoms with van der Waals surface area (Å²) < 4.78 is 0. The van der Waals surface area contributed by atoms with Crippen molar-refractivity contribution in [3.8, 4) is 0 Å². The molecule has 21 heavy (non-hydrogen) atoms. The zero-order valence-electron chi connectivity index (χ0n) is 12.1. The number of aliphatic carboxylic acids is 1. The molecule has 2 atom stereocenters. The van der Waals surface area contributed by atoms with Crippen molar-refractivity contribution in [2.75, 3.05) is 18.8 Å². The highest BCUT2D eigenvalue weighted by Crippen LogP contribution is 2.33. The Balaban J connectivity index is 1.64. The van der Waals surface area contributed by atoms with Crippen molar-refractivity contribution in [2.24, 2.45) is 0 Å². The van der Waals surface area contributed by atoms with Gasteiger partial charge in [0, 0.05) is 12.3 Å². The summed E-state index contributed by atoms with van der Waals surface area (Å²) >= 11 is 1.68. The molecule has 0 aliphatic carbocycles. The Morgan fingerprint density at radius 2 is 2.14 bits per heavy atom. The molecule has 1 aromatic rings. The summed E-state index contributed by atoms with van der Waals surface area (Å²) in [6.07, 6.45) is 3.97. The first-order chi connectivity index (χ1) is 10.2. The van der Waals surface area contributed by atoms with Crippen LogP contribution in [0.5, 0.6) is 0 Å². The second kappa shape index (κ2) is 6.81. The number of thioether (sulfide) groups is 1. The molecule has 114 valence electrons. The predicted octanol–water partition coefficient (Wildman–Crippen LogP) is 2.46. The molecule has 2 heterocycles. The van der Waals surface area contributed by atoms with E-state index in [9.17, 15) is 4.79 Å². The first-order valence-electron chi connectivity index (χ1n) is 7.64. The Kier molecular flexibility index (Phi) is 4.83. The van der Waals surface area contributed by atoms with Crippen LogP contribution in [0.15, 0.2) is 24.3 Å². The van der Waals surface area contributed by atoms with Gasteiger partial charge in [0.2, 0.25) is 0 Å². The van der Waals surface area contributed by atoms with Crippen LogP contribution in [0.1, 0.15) is 35.8 Å². The summed E-state index contributed by atoms with van der Waals surface area (Å²) in [4.78, 5) is 13.5. The van der Waals surface area contributed by atoms with Gasteiger partial charge in [0.05, 0.1) is 5.37 Å². The highest BCUT2D eigenvalue weighted by Gasteiger charge is 2.30. The summed E-state index contributed by atoms with van der Waals surface area (Å²) in [5, 5.41) is 12.4. The molecule has 0 aromatic heterocycles. The highest BCUT2D eigenvalue weighted by molar-refractivity contribution is 7.99. The molecule has 2 fully saturated rings. The Hall–Kier alpha value is -1.04. The number of nitrogens with one attached hydrogen (secondary N) is 1. The van der Waals surface area contributed by atoms with Crippen LogP contribution in [0.2, 0.25) is 0 Å². The third-order valence-electron chi connectivity index (χ3n) is 4.19. The second-order valence-electron chi connectivity index (χ2n) is 5.85. The largest absolute Gasteiger partial charge is 0.480 e. The van der Waals surface area contributed by atoms with Crippen LogP contribution in [0, 0.1) is 0 Å². The fourth-order valence-corrected chi connectivity index (χ4v) is 4.26. The average Bonchev–Trinajstić information content (AvgIpc) is 2.99. The van der Waals surface area contributed by atoms with Gasteiger partial charge >= 0.3 is 5.97 Å². The lowest BCUT2D eigenvalue weighted by atomic mass is 10.1. The molecule has 4 nitrogen and oxygen atoms in total. The Labute approximate surface area is 129 Å². The van der Waals surface area contributed by atoms with Gasteiger partial charge in [0.15, 0.2) is 0 Å². The van der Waals surface area contributed by atoms with Gasteiger partial charge < -0.3 is 5.11 Å². The van der Waals surface area contributed by atoms with Crippen LogP contribution >= 0.6 is 11.8 Å². The summed E-state index contributed by atoms with van der Waals surface area (Å²) in [5.74, 6) is -0.120. The lowest BCUT2D eigenvalue weighted by Crippen LogP contribution is -2.33. The normalized spacial score (nSPS) is 26.9. The van der Waals surface area contributed by atoms with Gasteiger partial charge in [-0.15, -0.1) is 11.8 Å². The standard InChI is InChI=1S/C16H22N2O2S/c19-16(20)14-11-21-15(17-14)13-6-4-5-12(9-13)10-18-7-2-1-3-8-18/h4-6,9,14-15,17H,1-3,7-8,10-11H2,(H,19,20). The van der Waals surface area contributed by atoms with Crippen LogP contribution in [0.25, 0.3) is 0 Å². The number of piperidine rings is 1. The summed E-state index contributed by atoms with van der Waals surface area (Å²) in [6.45, 7) is 3.40. The Morgan fingerprint density at radius 3 is 2.86 bits per heavy atom. The molecule has 1 aromatic carbocycles. The van der Waals surface area contributed by atoms with E-state index in [0.29, 0.717) is 5.75 Å². The van der Waals surface area contributed by atoms with Gasteiger partial charge in [0.1, 0.15) is 6.04 Å². The molecule has 2 N–H and O–H groups in total. The minimum Gasteiger partial charge on any atom is -0.480 e. The van der Waals surface area contributed by atoms with Gasteiger partial charge in [-0.3, -0.25) is 15.0 Å². The number of hydrogen-bond acceptors (Lipinski definition) is 4. The molecular formula is C16H22N2O2S. The molecule has 0 radical (unpaired) electrons. The molecule has 0 amide bonds. The van der Waals surface area contributed by atoms with Crippen LogP contribution in [0.4, 0.5) is 0 Å². The van der Waals surface area contributed by atoms with E-state index in [1.165, 1.54) is 43.5 Å². The molecule has 0 spiro atoms. The molecular weight excluding hydrogens is 284 g/mol. The molecule has 2 unspecified atom stereocenters. The number of likely N-dealkylation sites (tertiary alicyclic amines) is 1. The highest BCUT2D eigenvalue weighted by atomic mass is 32.2. The van der Waals surface area contributed by atoms with Gasteiger partial charge in [-0.25, -0.2) is 0 Å². The fraction of sp³-hybridized carbons (Fsp3) is 0.562. The molecule has 0 saturated carbocycles. The second-order valence-corrected chi connectivity index (χ2v) is 6.99. The van der Waals surface area contributed by atoms with Crippen LogP contribution in [-0.4, -0.2) is 40.9 Å². The monoisotopic (exact) mass is 306 g/mol. The van der Waals surface area contributed by atoms with Crippen molar-refractivity contribution < 1.29 is 9.90 Å². The Morgan fingerprint density at radius 1 is 1.33 bits per heavy atom. The number of carbonyl (C=O) groups is 1. The smallest absolute Gasteiger partial charge is 0.321 e. The van der Waals surface area contributed by atoms with Gasteiger partial charge in [-0.2, -0.15) is 0 Å². The summed E-state index contributed by atoms with van der Waals surface area (Å²) in [5.41, 5.74) is 2.52. The molecule has 3 rings (SSSR count). The molecule has 0 bridgehead atoms. The minimum atomic E-state index is -0.755. The molecule has 2 aliphatic heterocycles. The van der Waals surface area contributed by atoms with Gasteiger partial charge in [-0.05, 0) is 37.1 Å². The summed E-state index contributed by atoms with van der Waals surface area (Å²) in [6, 6.07) is 8.15. The number of hydrogen-bond donors (Lipinski definition) is 2. The van der Waals surface area contributed by atoms with E-state index in [0.717, 1.165) is 6.54 Å². The number of benzene rings is 1. The van der Waals surface area contributed by atoms with Gasteiger partial charge in [0.25, 0.3) is 0 Å². The summed E-state index contributed by atoms with van der Waals surface area (Å²) in [7, 11) is 0. The first kappa shape index (κ1) is 14.9. The van der Waals surface area contributed by atoms with Crippen molar-refractivity contribution in [3.63, 3.8) is 0 Å². The van der Waals surface area contributed by atoms with E-state index in [-0.39, 0.29) is 5.37 Å². The quantitative estimate of drug-likeness (QED) is 0.895. The van der Waals surface area contributed by atoms with E-state index >= 15 is 0 Å². The van der Waals surface area contributed by atoms with E-state index in [1.807, 2.05) is 0 Å². The van der Waals surface area contributed by atoms with Gasteiger partial charge in [-0.1, -0.05) is 30.7 Å². The molecule has 2 aliphatic rings. The minimum absolute atomic E-state index is 0.104. The lowest BCUT2D eigenvalue weighted by molar-refractivity contribution is -0.138. The third kappa shape index (κ3) is 3.78. The zero-order chi connectivity index (χ0) is 14.7. The topological polar surface area (TPSA) is 52.6 Å². The maximum atomic E-state index is 11.0. The van der Waals surface area contributed by atoms with Crippen molar-refractivity contribution in [1.29, 1.82) is 0 Å². The number of nitrogens with zero attached hydrogens (tertiary/aromatic N) is 1. The SMILES string of the molecule is O=C(O)C1CSC(c2cccc(CN3CCCCC3)c2)N1. The molecule has 5 heteroatoms. The Bertz CT molecular complexity index is 503. The van der Waals surface area contributed by atoms with Crippen molar-refractivity contribution in [1.82, 2.24) is 10.2 Å². The average molecular weight is 306 g/mol. The fourth-order valence-electron chi connectivity index (χ4n) is 3.04. The van der Waals surface area contributed by atoms with Crippen LogP contribution < -0.4 is 5.32 Å². The van der Waals surface area contributed by atoms with E-state index in [4.69, 9.17) is 5.11 Å². The maximum Gasteiger partial charge on any atom is 0.321 e. The van der Waals surface area contributed by atoms with Crippen molar-refractivity contribution in [3.05, 3.63) is 35.4 Å². The van der Waals surface area contributed by atoms with E-state index in [1.54, 1.807) is 11.8 Å². The zero-order valence-corrected chi connectivity index (χ0v) is 12.9. The third-order valence-corrected chi connectivity index (χ3v) is 5.46. The number of carboxylic acid groups (broad SMARTS) is 1. The number of carboxylic acids is 1. The van der Waals surface area contributed by atoms with Crippen molar-refractivity contribution >= 4 is 17.7 Å². The first-order valence-corrected chi connectivity index (χ1v) is 8.69. The molecule has 2 saturated heterocycles. The lowest BCUT2D eigenvalue weighted by Gasteiger charge is -2.26. The predicted molar refractivity (Wildman–Crippen MR) is 85.3 cm³/mol. The van der Waals surface area contributed by atoms with Crippen molar-refractivity contribution in [2.45, 2.75) is 37.2 Å². The van der Waals surface area contributed by atoms with Crippen LogP contribution in [0.3, 0.4) is 0 Å². The maximum absolute atomic E-state index is 11.0. The van der Waals surface area contributed by atoms with E-state index in [2.05, 4.69) is 34.5 Å².